The van der Waals surface area contributed by atoms with Gasteiger partial charge in [0.05, 0.1) is 5.69 Å². The van der Waals surface area contributed by atoms with E-state index in [4.69, 9.17) is 37.4 Å². The second-order valence-electron chi connectivity index (χ2n) is 6.69. The molecule has 0 saturated carbocycles. The molecule has 5 nitrogen and oxygen atoms in total. The van der Waals surface area contributed by atoms with Crippen LogP contribution in [0.3, 0.4) is 0 Å². The Morgan fingerprint density at radius 2 is 1.47 bits per heavy atom. The Labute approximate surface area is 186 Å². The van der Waals surface area contributed by atoms with Crippen LogP contribution in [0.4, 0.5) is 0 Å². The molecular weight excluding hydrogens is 423 g/mol. The first kappa shape index (κ1) is 22.1. The van der Waals surface area contributed by atoms with E-state index in [0.717, 1.165) is 35.7 Å². The highest BCUT2D eigenvalue weighted by Gasteiger charge is 2.14. The predicted molar refractivity (Wildman–Crippen MR) is 120 cm³/mol. The van der Waals surface area contributed by atoms with Crippen LogP contribution in [0.25, 0.3) is 0 Å². The van der Waals surface area contributed by atoms with Gasteiger partial charge in [-0.2, -0.15) is 5.10 Å². The standard InChI is InChI=1S/C23H24Cl2N2O3/c1-4-5-21-16(2)26-27(3)23(21)30-20-12-10-19(11-13-20)29-18-8-6-17(7-9-18)28-15-14-22(24)25/h6-14H,4-5,15H2,1-3H3. The Hall–Kier alpha value is -2.63. The number of nitrogens with zero attached hydrogens (tertiary/aromatic N) is 2. The molecule has 0 saturated heterocycles. The summed E-state index contributed by atoms with van der Waals surface area (Å²) in [5, 5.41) is 4.47. The summed E-state index contributed by atoms with van der Waals surface area (Å²) >= 11 is 11.1. The van der Waals surface area contributed by atoms with Gasteiger partial charge in [0, 0.05) is 12.6 Å². The normalized spacial score (nSPS) is 10.6. The molecule has 2 aromatic carbocycles. The number of aryl methyl sites for hydroxylation is 2. The SMILES string of the molecule is CCCc1c(C)nn(C)c1Oc1ccc(Oc2ccc(OCC=C(Cl)Cl)cc2)cc1. The van der Waals surface area contributed by atoms with Crippen molar-refractivity contribution in [3.63, 3.8) is 0 Å². The zero-order valence-corrected chi connectivity index (χ0v) is 18.7. The topological polar surface area (TPSA) is 45.5 Å². The fourth-order valence-electron chi connectivity index (χ4n) is 2.97. The van der Waals surface area contributed by atoms with Gasteiger partial charge in [-0.15, -0.1) is 0 Å². The van der Waals surface area contributed by atoms with E-state index >= 15 is 0 Å². The molecule has 3 rings (SSSR count). The third kappa shape index (κ3) is 5.94. The molecule has 0 aliphatic rings. The summed E-state index contributed by atoms with van der Waals surface area (Å²) in [4.78, 5) is 0. The van der Waals surface area contributed by atoms with E-state index in [1.165, 1.54) is 0 Å². The lowest BCUT2D eigenvalue weighted by Gasteiger charge is -2.10. The summed E-state index contributed by atoms with van der Waals surface area (Å²) in [5.41, 5.74) is 2.15. The van der Waals surface area contributed by atoms with E-state index in [9.17, 15) is 0 Å². The molecule has 0 spiro atoms. The van der Waals surface area contributed by atoms with Crippen LogP contribution in [0.2, 0.25) is 0 Å². The molecule has 0 unspecified atom stereocenters. The van der Waals surface area contributed by atoms with Crippen LogP contribution in [-0.4, -0.2) is 16.4 Å². The third-order valence-corrected chi connectivity index (χ3v) is 4.68. The maximum absolute atomic E-state index is 6.09. The lowest BCUT2D eigenvalue weighted by molar-refractivity contribution is 0.362. The van der Waals surface area contributed by atoms with Crippen molar-refractivity contribution in [1.82, 2.24) is 9.78 Å². The second kappa shape index (κ2) is 10.4. The maximum Gasteiger partial charge on any atom is 0.221 e. The van der Waals surface area contributed by atoms with Crippen LogP contribution in [0, 0.1) is 6.92 Å². The van der Waals surface area contributed by atoms with Gasteiger partial charge in [-0.25, -0.2) is 4.68 Å². The average Bonchev–Trinajstić information content (AvgIpc) is 2.98. The molecule has 158 valence electrons. The van der Waals surface area contributed by atoms with Crippen molar-refractivity contribution in [2.24, 2.45) is 7.05 Å². The summed E-state index contributed by atoms with van der Waals surface area (Å²) in [6.45, 7) is 4.46. The summed E-state index contributed by atoms with van der Waals surface area (Å²) in [6.07, 6.45) is 3.55. The molecule has 0 bridgehead atoms. The maximum atomic E-state index is 6.09. The van der Waals surface area contributed by atoms with Crippen LogP contribution >= 0.6 is 23.2 Å². The van der Waals surface area contributed by atoms with Crippen molar-refractivity contribution in [3.8, 4) is 28.9 Å². The quantitative estimate of drug-likeness (QED) is 0.356. The fourth-order valence-corrected chi connectivity index (χ4v) is 3.10. The van der Waals surface area contributed by atoms with Crippen molar-refractivity contribution in [1.29, 1.82) is 0 Å². The molecule has 3 aromatic rings. The van der Waals surface area contributed by atoms with Crippen LogP contribution < -0.4 is 14.2 Å². The molecule has 0 amide bonds. The number of rotatable bonds is 9. The number of ether oxygens (including phenoxy) is 3. The molecule has 0 radical (unpaired) electrons. The summed E-state index contributed by atoms with van der Waals surface area (Å²) < 4.78 is 19.5. The van der Waals surface area contributed by atoms with Gasteiger partial charge in [-0.05, 0) is 68.0 Å². The molecule has 7 heteroatoms. The van der Waals surface area contributed by atoms with Gasteiger partial charge in [-0.3, -0.25) is 0 Å². The molecule has 1 heterocycles. The van der Waals surface area contributed by atoms with E-state index in [-0.39, 0.29) is 4.49 Å². The zero-order valence-electron chi connectivity index (χ0n) is 17.2. The van der Waals surface area contributed by atoms with Gasteiger partial charge in [0.1, 0.15) is 34.1 Å². The minimum absolute atomic E-state index is 0.183. The highest BCUT2D eigenvalue weighted by Crippen LogP contribution is 2.30. The van der Waals surface area contributed by atoms with E-state index in [0.29, 0.717) is 23.9 Å². The molecule has 0 N–H and O–H groups in total. The molecule has 0 aliphatic carbocycles. The van der Waals surface area contributed by atoms with Crippen LogP contribution in [0.5, 0.6) is 28.9 Å². The summed E-state index contributed by atoms with van der Waals surface area (Å²) in [6, 6.07) is 14.8. The number of hydrogen-bond acceptors (Lipinski definition) is 4. The smallest absolute Gasteiger partial charge is 0.221 e. The highest BCUT2D eigenvalue weighted by molar-refractivity contribution is 6.55. The van der Waals surface area contributed by atoms with Crippen LogP contribution in [0.15, 0.2) is 59.1 Å². The van der Waals surface area contributed by atoms with E-state index in [1.807, 2.05) is 62.5 Å². The van der Waals surface area contributed by atoms with Crippen molar-refractivity contribution < 1.29 is 14.2 Å². The van der Waals surface area contributed by atoms with Gasteiger partial charge >= 0.3 is 0 Å². The Bertz CT molecular complexity index is 993. The first-order valence-corrected chi connectivity index (χ1v) is 10.4. The van der Waals surface area contributed by atoms with Gasteiger partial charge < -0.3 is 14.2 Å². The molecule has 0 aliphatic heterocycles. The molecule has 1 aromatic heterocycles. The monoisotopic (exact) mass is 446 g/mol. The van der Waals surface area contributed by atoms with Crippen molar-refractivity contribution >= 4 is 23.2 Å². The van der Waals surface area contributed by atoms with Crippen LogP contribution in [0.1, 0.15) is 24.6 Å². The lowest BCUT2D eigenvalue weighted by atomic mass is 10.1. The molecule has 0 fully saturated rings. The summed E-state index contributed by atoms with van der Waals surface area (Å²) in [7, 11) is 1.90. The molecule has 0 atom stereocenters. The Balaban J connectivity index is 1.62. The Morgan fingerprint density at radius 3 is 2.00 bits per heavy atom. The van der Waals surface area contributed by atoms with Crippen molar-refractivity contribution in [3.05, 3.63) is 70.4 Å². The Kier molecular flexibility index (Phi) is 7.66. The average molecular weight is 447 g/mol. The van der Waals surface area contributed by atoms with Gasteiger partial charge in [0.15, 0.2) is 0 Å². The van der Waals surface area contributed by atoms with Gasteiger partial charge in [0.25, 0.3) is 0 Å². The zero-order chi connectivity index (χ0) is 21.5. The minimum Gasteiger partial charge on any atom is -0.489 e. The Morgan fingerprint density at radius 1 is 0.933 bits per heavy atom. The van der Waals surface area contributed by atoms with E-state index in [1.54, 1.807) is 10.8 Å². The largest absolute Gasteiger partial charge is 0.489 e. The number of halogens is 2. The van der Waals surface area contributed by atoms with E-state index < -0.39 is 0 Å². The fraction of sp³-hybridized carbons (Fsp3) is 0.261. The van der Waals surface area contributed by atoms with Crippen molar-refractivity contribution in [2.45, 2.75) is 26.7 Å². The number of aromatic nitrogens is 2. The van der Waals surface area contributed by atoms with Crippen molar-refractivity contribution in [2.75, 3.05) is 6.61 Å². The second-order valence-corrected chi connectivity index (χ2v) is 7.70. The van der Waals surface area contributed by atoms with Gasteiger partial charge in [0.2, 0.25) is 5.88 Å². The first-order valence-electron chi connectivity index (χ1n) is 9.68. The van der Waals surface area contributed by atoms with Gasteiger partial charge in [-0.1, -0.05) is 36.5 Å². The predicted octanol–water partition coefficient (Wildman–Crippen LogP) is 6.96. The first-order chi connectivity index (χ1) is 14.5. The minimum atomic E-state index is 0.183. The third-order valence-electron chi connectivity index (χ3n) is 4.37. The lowest BCUT2D eigenvalue weighted by Crippen LogP contribution is -1.97. The molecular formula is C23H24Cl2N2O3. The molecule has 30 heavy (non-hydrogen) atoms. The summed E-state index contributed by atoms with van der Waals surface area (Å²) in [5.74, 6) is 3.63. The number of hydrogen-bond donors (Lipinski definition) is 0. The highest BCUT2D eigenvalue weighted by atomic mass is 35.5. The number of benzene rings is 2. The van der Waals surface area contributed by atoms with E-state index in [2.05, 4.69) is 12.0 Å². The van der Waals surface area contributed by atoms with Crippen LogP contribution in [-0.2, 0) is 13.5 Å².